The lowest BCUT2D eigenvalue weighted by molar-refractivity contribution is -0.123. The summed E-state index contributed by atoms with van der Waals surface area (Å²) in [4.78, 5) is 22.7. The Morgan fingerprint density at radius 1 is 1.24 bits per heavy atom. The second-order valence-electron chi connectivity index (χ2n) is 3.72. The van der Waals surface area contributed by atoms with Gasteiger partial charge in [-0.3, -0.25) is 14.9 Å². The van der Waals surface area contributed by atoms with Crippen molar-refractivity contribution in [1.82, 2.24) is 5.32 Å². The molecule has 2 amide bonds. The molecule has 2 rings (SSSR count). The van der Waals surface area contributed by atoms with Crippen molar-refractivity contribution in [2.75, 3.05) is 6.61 Å². The van der Waals surface area contributed by atoms with Crippen LogP contribution in [0.4, 0.5) is 0 Å². The molecule has 0 saturated heterocycles. The number of nitrogens with one attached hydrogen (secondary N) is 1. The van der Waals surface area contributed by atoms with E-state index >= 15 is 0 Å². The lowest BCUT2D eigenvalue weighted by Crippen LogP contribution is -2.21. The molecule has 0 aromatic heterocycles. The Morgan fingerprint density at radius 2 is 2.00 bits per heavy atom. The third kappa shape index (κ3) is 2.36. The molecule has 17 heavy (non-hydrogen) atoms. The molecule has 0 bridgehead atoms. The molecule has 4 nitrogen and oxygen atoms in total. The van der Waals surface area contributed by atoms with Gasteiger partial charge in [0.25, 0.3) is 11.8 Å². The summed E-state index contributed by atoms with van der Waals surface area (Å²) in [7, 11) is 0. The zero-order chi connectivity index (χ0) is 12.3. The minimum Gasteiger partial charge on any atom is -0.493 e. The monoisotopic (exact) mass is 231 g/mol. The van der Waals surface area contributed by atoms with E-state index in [0.29, 0.717) is 23.5 Å². The van der Waals surface area contributed by atoms with Crippen LogP contribution in [-0.2, 0) is 9.59 Å². The zero-order valence-corrected chi connectivity index (χ0v) is 9.53. The average molecular weight is 231 g/mol. The first kappa shape index (κ1) is 11.4. The minimum atomic E-state index is -0.379. The number of rotatable bonds is 4. The van der Waals surface area contributed by atoms with Crippen molar-refractivity contribution in [1.29, 1.82) is 0 Å². The van der Waals surface area contributed by atoms with E-state index in [2.05, 4.69) is 5.32 Å². The molecule has 4 heteroatoms. The van der Waals surface area contributed by atoms with E-state index in [9.17, 15) is 9.59 Å². The van der Waals surface area contributed by atoms with Gasteiger partial charge in [-0.05, 0) is 12.5 Å². The molecular weight excluding hydrogens is 218 g/mol. The summed E-state index contributed by atoms with van der Waals surface area (Å²) in [5.41, 5.74) is 1.02. The summed E-state index contributed by atoms with van der Waals surface area (Å²) in [6.45, 7) is 2.59. The number of carbonyl (C=O) groups is 2. The van der Waals surface area contributed by atoms with Gasteiger partial charge in [-0.25, -0.2) is 0 Å². The third-order valence-electron chi connectivity index (χ3n) is 2.40. The van der Waals surface area contributed by atoms with Gasteiger partial charge in [-0.2, -0.15) is 0 Å². The summed E-state index contributed by atoms with van der Waals surface area (Å²) in [6.07, 6.45) is 2.19. The Balaban J connectivity index is 2.35. The summed E-state index contributed by atoms with van der Waals surface area (Å²) in [5, 5.41) is 2.22. The molecule has 0 radical (unpaired) electrons. The Kier molecular flexibility index (Phi) is 3.23. The molecule has 0 spiro atoms. The summed E-state index contributed by atoms with van der Waals surface area (Å²) >= 11 is 0. The first-order valence-electron chi connectivity index (χ1n) is 5.51. The SMILES string of the molecule is CCCOc1ccccc1C1=CC(=O)NC1=O. The second-order valence-corrected chi connectivity index (χ2v) is 3.72. The van der Waals surface area contributed by atoms with Crippen LogP contribution in [-0.4, -0.2) is 18.4 Å². The topological polar surface area (TPSA) is 55.4 Å². The van der Waals surface area contributed by atoms with E-state index in [1.54, 1.807) is 12.1 Å². The van der Waals surface area contributed by atoms with Crippen LogP contribution in [0.5, 0.6) is 5.75 Å². The van der Waals surface area contributed by atoms with E-state index in [4.69, 9.17) is 4.74 Å². The van der Waals surface area contributed by atoms with Crippen LogP contribution in [0.25, 0.3) is 5.57 Å². The quantitative estimate of drug-likeness (QED) is 0.799. The van der Waals surface area contributed by atoms with Crippen molar-refractivity contribution in [2.24, 2.45) is 0 Å². The zero-order valence-electron chi connectivity index (χ0n) is 9.53. The predicted molar refractivity (Wildman–Crippen MR) is 63.4 cm³/mol. The lowest BCUT2D eigenvalue weighted by Gasteiger charge is -2.10. The fourth-order valence-electron chi connectivity index (χ4n) is 1.64. The second kappa shape index (κ2) is 4.82. The average Bonchev–Trinajstić information content (AvgIpc) is 2.66. The van der Waals surface area contributed by atoms with Crippen LogP contribution in [0.15, 0.2) is 30.3 Å². The van der Waals surface area contributed by atoms with Crippen molar-refractivity contribution in [2.45, 2.75) is 13.3 Å². The normalized spacial score (nSPS) is 14.5. The molecular formula is C13H13NO3. The Bertz CT molecular complexity index is 491. The van der Waals surface area contributed by atoms with Gasteiger partial charge >= 0.3 is 0 Å². The number of imide groups is 1. The van der Waals surface area contributed by atoms with Gasteiger partial charge < -0.3 is 4.74 Å². The third-order valence-corrected chi connectivity index (χ3v) is 2.40. The van der Waals surface area contributed by atoms with E-state index in [1.807, 2.05) is 19.1 Å². The summed E-state index contributed by atoms with van der Waals surface area (Å²) < 4.78 is 5.55. The van der Waals surface area contributed by atoms with Gasteiger partial charge in [0.2, 0.25) is 0 Å². The molecule has 0 unspecified atom stereocenters. The molecule has 1 aromatic rings. The van der Waals surface area contributed by atoms with E-state index < -0.39 is 0 Å². The Hall–Kier alpha value is -2.10. The number of ether oxygens (including phenoxy) is 1. The van der Waals surface area contributed by atoms with Crippen LogP contribution in [0.3, 0.4) is 0 Å². The maximum Gasteiger partial charge on any atom is 0.259 e. The number of benzene rings is 1. The molecule has 0 fully saturated rings. The highest BCUT2D eigenvalue weighted by molar-refractivity contribution is 6.33. The van der Waals surface area contributed by atoms with E-state index in [1.165, 1.54) is 6.08 Å². The Morgan fingerprint density at radius 3 is 2.65 bits per heavy atom. The van der Waals surface area contributed by atoms with Gasteiger partial charge in [0, 0.05) is 11.6 Å². The van der Waals surface area contributed by atoms with Gasteiger partial charge in [-0.15, -0.1) is 0 Å². The summed E-state index contributed by atoms with van der Waals surface area (Å²) in [6, 6.07) is 7.21. The predicted octanol–water partition coefficient (Wildman–Crippen LogP) is 1.52. The van der Waals surface area contributed by atoms with E-state index in [0.717, 1.165) is 6.42 Å². The van der Waals surface area contributed by atoms with Crippen LogP contribution >= 0.6 is 0 Å². The van der Waals surface area contributed by atoms with Gasteiger partial charge in [0.1, 0.15) is 5.75 Å². The molecule has 1 aliphatic heterocycles. The molecule has 0 atom stereocenters. The maximum absolute atomic E-state index is 11.6. The van der Waals surface area contributed by atoms with Crippen molar-refractivity contribution >= 4 is 17.4 Å². The number of hydrogen-bond acceptors (Lipinski definition) is 3. The minimum absolute atomic E-state index is 0.363. The van der Waals surface area contributed by atoms with Crippen LogP contribution in [0.2, 0.25) is 0 Å². The molecule has 1 heterocycles. The van der Waals surface area contributed by atoms with Crippen molar-refractivity contribution < 1.29 is 14.3 Å². The molecule has 1 aromatic carbocycles. The number of para-hydroxylation sites is 1. The fourth-order valence-corrected chi connectivity index (χ4v) is 1.64. The van der Waals surface area contributed by atoms with Gasteiger partial charge in [0.05, 0.1) is 12.2 Å². The number of hydrogen-bond donors (Lipinski definition) is 1. The number of amides is 2. The molecule has 1 N–H and O–H groups in total. The highest BCUT2D eigenvalue weighted by Gasteiger charge is 2.24. The number of carbonyl (C=O) groups excluding carboxylic acids is 2. The van der Waals surface area contributed by atoms with Crippen molar-refractivity contribution in [3.63, 3.8) is 0 Å². The highest BCUT2D eigenvalue weighted by Crippen LogP contribution is 2.27. The van der Waals surface area contributed by atoms with Crippen LogP contribution in [0.1, 0.15) is 18.9 Å². The standard InChI is InChI=1S/C13H13NO3/c1-2-7-17-11-6-4-3-5-9(11)10-8-12(15)14-13(10)16/h3-6,8H,2,7H2,1H3,(H,14,15,16). The van der Waals surface area contributed by atoms with Crippen LogP contribution in [0, 0.1) is 0 Å². The van der Waals surface area contributed by atoms with E-state index in [-0.39, 0.29) is 11.8 Å². The molecule has 88 valence electrons. The summed E-state index contributed by atoms with van der Waals surface area (Å²) in [5.74, 6) is -0.122. The lowest BCUT2D eigenvalue weighted by atomic mass is 10.1. The molecule has 0 aliphatic carbocycles. The fraction of sp³-hybridized carbons (Fsp3) is 0.231. The highest BCUT2D eigenvalue weighted by atomic mass is 16.5. The Labute approximate surface area is 99.3 Å². The first-order valence-corrected chi connectivity index (χ1v) is 5.51. The first-order chi connectivity index (χ1) is 8.22. The van der Waals surface area contributed by atoms with Gasteiger partial charge in [0.15, 0.2) is 0 Å². The maximum atomic E-state index is 11.6. The van der Waals surface area contributed by atoms with Crippen molar-refractivity contribution in [3.8, 4) is 5.75 Å². The smallest absolute Gasteiger partial charge is 0.259 e. The van der Waals surface area contributed by atoms with Gasteiger partial charge in [-0.1, -0.05) is 25.1 Å². The van der Waals surface area contributed by atoms with Crippen LogP contribution < -0.4 is 10.1 Å². The van der Waals surface area contributed by atoms with Crippen molar-refractivity contribution in [3.05, 3.63) is 35.9 Å². The largest absolute Gasteiger partial charge is 0.493 e. The molecule has 1 aliphatic rings. The molecule has 0 saturated carbocycles.